The molecule has 0 unspecified atom stereocenters. The Hall–Kier alpha value is -1.45. The molecular weight excluding hydrogens is 216 g/mol. The number of nitrogens with zero attached hydrogens (tertiary/aromatic N) is 2. The molecular formula is C13H20N2O2. The predicted molar refractivity (Wildman–Crippen MR) is 67.4 cm³/mol. The van der Waals surface area contributed by atoms with Crippen molar-refractivity contribution < 1.29 is 4.79 Å². The Bertz CT molecular complexity index is 473. The highest BCUT2D eigenvalue weighted by Crippen LogP contribution is 2.11. The van der Waals surface area contributed by atoms with Gasteiger partial charge < -0.3 is 0 Å². The molecule has 0 spiro atoms. The summed E-state index contributed by atoms with van der Waals surface area (Å²) in [5.74, 6) is 0.325. The minimum Gasteiger partial charge on any atom is -0.294 e. The summed E-state index contributed by atoms with van der Waals surface area (Å²) in [5, 5.41) is 4.31. The van der Waals surface area contributed by atoms with Gasteiger partial charge in [-0.05, 0) is 24.8 Å². The summed E-state index contributed by atoms with van der Waals surface area (Å²) in [6.45, 7) is 9.99. The van der Waals surface area contributed by atoms with Crippen LogP contribution < -0.4 is 5.56 Å². The molecule has 0 aliphatic heterocycles. The maximum atomic E-state index is 12.0. The van der Waals surface area contributed by atoms with E-state index in [1.807, 2.05) is 27.7 Å². The van der Waals surface area contributed by atoms with Gasteiger partial charge >= 0.3 is 0 Å². The number of carbonyl (C=O) groups is 1. The first-order chi connectivity index (χ1) is 7.82. The first-order valence-electron chi connectivity index (χ1n) is 5.96. The molecule has 4 nitrogen and oxygen atoms in total. The summed E-state index contributed by atoms with van der Waals surface area (Å²) in [6.07, 6.45) is 0. The topological polar surface area (TPSA) is 52.0 Å². The van der Waals surface area contributed by atoms with E-state index in [2.05, 4.69) is 5.10 Å². The van der Waals surface area contributed by atoms with Crippen LogP contribution in [0.4, 0.5) is 0 Å². The van der Waals surface area contributed by atoms with E-state index in [9.17, 15) is 9.59 Å². The van der Waals surface area contributed by atoms with Crippen molar-refractivity contribution in [3.63, 3.8) is 0 Å². The van der Waals surface area contributed by atoms with Gasteiger partial charge in [0.1, 0.15) is 0 Å². The highest BCUT2D eigenvalue weighted by molar-refractivity contribution is 5.93. The van der Waals surface area contributed by atoms with Crippen LogP contribution in [0.5, 0.6) is 0 Å². The van der Waals surface area contributed by atoms with Crippen LogP contribution in [-0.4, -0.2) is 15.6 Å². The maximum Gasteiger partial charge on any atom is 0.277 e. The van der Waals surface area contributed by atoms with Gasteiger partial charge in [0.15, 0.2) is 5.78 Å². The van der Waals surface area contributed by atoms with E-state index in [0.29, 0.717) is 12.5 Å². The number of rotatable bonds is 4. The summed E-state index contributed by atoms with van der Waals surface area (Å²) in [4.78, 5) is 23.4. The average molecular weight is 236 g/mol. The molecule has 1 aromatic heterocycles. The van der Waals surface area contributed by atoms with E-state index in [1.165, 1.54) is 11.6 Å². The lowest BCUT2D eigenvalue weighted by Gasteiger charge is -2.12. The van der Waals surface area contributed by atoms with Crippen molar-refractivity contribution in [2.45, 2.75) is 47.1 Å². The second kappa shape index (κ2) is 5.25. The van der Waals surface area contributed by atoms with Crippen LogP contribution in [0.1, 0.15) is 56.6 Å². The van der Waals surface area contributed by atoms with Gasteiger partial charge in [-0.15, -0.1) is 0 Å². The van der Waals surface area contributed by atoms with Crippen LogP contribution >= 0.6 is 0 Å². The smallest absolute Gasteiger partial charge is 0.277 e. The predicted octanol–water partition coefficient (Wildman–Crippen LogP) is 2.23. The molecule has 94 valence electrons. The fourth-order valence-corrected chi connectivity index (χ4v) is 1.57. The van der Waals surface area contributed by atoms with Crippen molar-refractivity contribution in [2.75, 3.05) is 0 Å². The molecule has 0 radical (unpaired) electrons. The zero-order chi connectivity index (χ0) is 13.2. The molecule has 1 aromatic rings. The summed E-state index contributed by atoms with van der Waals surface area (Å²) in [7, 11) is 0. The number of carbonyl (C=O) groups excluding carboxylic acids is 1. The van der Waals surface area contributed by atoms with Crippen molar-refractivity contribution in [2.24, 2.45) is 5.92 Å². The zero-order valence-corrected chi connectivity index (χ0v) is 11.2. The Labute approximate surface area is 102 Å². The lowest BCUT2D eigenvalue weighted by atomic mass is 10.1. The molecule has 0 aromatic carbocycles. The first-order valence-corrected chi connectivity index (χ1v) is 5.96. The fourth-order valence-electron chi connectivity index (χ4n) is 1.57. The number of hydrogen-bond acceptors (Lipinski definition) is 3. The normalized spacial score (nSPS) is 11.2. The van der Waals surface area contributed by atoms with Crippen molar-refractivity contribution in [1.29, 1.82) is 0 Å². The Balaban J connectivity index is 3.38. The van der Waals surface area contributed by atoms with Gasteiger partial charge in [-0.25, -0.2) is 4.68 Å². The number of aromatic nitrogens is 2. The molecule has 0 aliphatic rings. The summed E-state index contributed by atoms with van der Waals surface area (Å²) in [6, 6.07) is 1.62. The molecule has 4 heteroatoms. The molecule has 0 N–H and O–H groups in total. The van der Waals surface area contributed by atoms with Crippen molar-refractivity contribution in [3.8, 4) is 0 Å². The molecule has 0 bridgehead atoms. The minimum atomic E-state index is -0.282. The van der Waals surface area contributed by atoms with E-state index in [0.717, 1.165) is 5.69 Å². The third-order valence-corrected chi connectivity index (χ3v) is 2.50. The summed E-state index contributed by atoms with van der Waals surface area (Å²) >= 11 is 0. The highest BCUT2D eigenvalue weighted by Gasteiger charge is 2.14. The zero-order valence-electron chi connectivity index (χ0n) is 11.2. The fraction of sp³-hybridized carbons (Fsp3) is 0.615. The average Bonchev–Trinajstić information content (AvgIpc) is 2.19. The van der Waals surface area contributed by atoms with Crippen LogP contribution in [-0.2, 0) is 6.54 Å². The molecule has 0 atom stereocenters. The van der Waals surface area contributed by atoms with Gasteiger partial charge in [-0.3, -0.25) is 9.59 Å². The quantitative estimate of drug-likeness (QED) is 0.753. The van der Waals surface area contributed by atoms with E-state index >= 15 is 0 Å². The molecule has 0 aliphatic carbocycles. The second-order valence-electron chi connectivity index (χ2n) is 5.07. The molecule has 0 amide bonds. The van der Waals surface area contributed by atoms with Crippen molar-refractivity contribution in [1.82, 2.24) is 9.78 Å². The van der Waals surface area contributed by atoms with Crippen molar-refractivity contribution >= 4 is 5.78 Å². The lowest BCUT2D eigenvalue weighted by Crippen LogP contribution is -2.30. The molecule has 0 saturated heterocycles. The van der Waals surface area contributed by atoms with Crippen LogP contribution in [0.15, 0.2) is 10.9 Å². The Morgan fingerprint density at radius 2 is 1.94 bits per heavy atom. The Morgan fingerprint density at radius 1 is 1.35 bits per heavy atom. The molecule has 1 rings (SSSR count). The van der Waals surface area contributed by atoms with Crippen LogP contribution in [0.25, 0.3) is 0 Å². The number of Topliss-reactive ketones (excluding diaryl/α,β-unsaturated/α-hetero) is 1. The number of hydrogen-bond donors (Lipinski definition) is 0. The van der Waals surface area contributed by atoms with Crippen LogP contribution in [0, 0.1) is 5.92 Å². The third kappa shape index (κ3) is 3.25. The van der Waals surface area contributed by atoms with Gasteiger partial charge in [0, 0.05) is 6.54 Å². The second-order valence-corrected chi connectivity index (χ2v) is 5.07. The van der Waals surface area contributed by atoms with Gasteiger partial charge in [0.25, 0.3) is 5.56 Å². The first kappa shape index (κ1) is 13.6. The third-order valence-electron chi connectivity index (χ3n) is 2.50. The van der Waals surface area contributed by atoms with Crippen LogP contribution in [0.2, 0.25) is 0 Å². The van der Waals surface area contributed by atoms with E-state index < -0.39 is 0 Å². The monoisotopic (exact) mass is 236 g/mol. The number of ketones is 1. The van der Waals surface area contributed by atoms with E-state index in [-0.39, 0.29) is 22.8 Å². The van der Waals surface area contributed by atoms with Gasteiger partial charge in [0.2, 0.25) is 0 Å². The molecule has 0 fully saturated rings. The molecule has 0 saturated carbocycles. The van der Waals surface area contributed by atoms with Crippen LogP contribution in [0.3, 0.4) is 0 Å². The Kier molecular flexibility index (Phi) is 4.21. The van der Waals surface area contributed by atoms with E-state index in [1.54, 1.807) is 6.07 Å². The molecule has 1 heterocycles. The SMILES string of the molecule is CC(=O)c1cc(C(C)C)nn(CC(C)C)c1=O. The summed E-state index contributed by atoms with van der Waals surface area (Å²) < 4.78 is 1.41. The van der Waals surface area contributed by atoms with Gasteiger partial charge in [-0.1, -0.05) is 27.7 Å². The minimum absolute atomic E-state index is 0.197. The van der Waals surface area contributed by atoms with E-state index in [4.69, 9.17) is 0 Å². The summed E-state index contributed by atoms with van der Waals surface area (Å²) in [5.41, 5.74) is 0.746. The standard InChI is InChI=1S/C13H20N2O2/c1-8(2)7-15-13(17)11(10(5)16)6-12(14-15)9(3)4/h6,8-9H,7H2,1-5H3. The highest BCUT2D eigenvalue weighted by atomic mass is 16.1. The maximum absolute atomic E-state index is 12.0. The van der Waals surface area contributed by atoms with Gasteiger partial charge in [-0.2, -0.15) is 5.10 Å². The van der Waals surface area contributed by atoms with Crippen molar-refractivity contribution in [3.05, 3.63) is 27.7 Å². The largest absolute Gasteiger partial charge is 0.294 e. The molecule has 17 heavy (non-hydrogen) atoms. The van der Waals surface area contributed by atoms with Gasteiger partial charge in [0.05, 0.1) is 11.3 Å². The lowest BCUT2D eigenvalue weighted by molar-refractivity contribution is 0.101. The Morgan fingerprint density at radius 3 is 2.35 bits per heavy atom.